The van der Waals surface area contributed by atoms with Crippen LogP contribution in [0.15, 0.2) is 0 Å². The Labute approximate surface area is 62.6 Å². The third-order valence-electron chi connectivity index (χ3n) is 0.605. The summed E-state index contributed by atoms with van der Waals surface area (Å²) in [7, 11) is 0. The summed E-state index contributed by atoms with van der Waals surface area (Å²) in [5, 5.41) is 7.83. The highest BCUT2D eigenvalue weighted by molar-refractivity contribution is 5.62. The Balaban J connectivity index is 3.30. The summed E-state index contributed by atoms with van der Waals surface area (Å²) < 4.78 is 4.29. The van der Waals surface area contributed by atoms with Gasteiger partial charge in [0.2, 0.25) is 0 Å². The Hall–Kier alpha value is -1.46. The molecule has 6 heteroatoms. The van der Waals surface area contributed by atoms with Crippen molar-refractivity contribution in [3.05, 3.63) is 0 Å². The summed E-state index contributed by atoms with van der Waals surface area (Å²) in [6.45, 7) is 1.95. The summed E-state index contributed by atoms with van der Waals surface area (Å²) in [6.07, 6.45) is -2.23. The van der Waals surface area contributed by atoms with Gasteiger partial charge >= 0.3 is 12.3 Å². The zero-order valence-electron chi connectivity index (χ0n) is 5.90. The van der Waals surface area contributed by atoms with E-state index in [9.17, 15) is 9.59 Å². The molecule has 6 nitrogen and oxygen atoms in total. The van der Waals surface area contributed by atoms with Crippen molar-refractivity contribution >= 4 is 12.3 Å². The lowest BCUT2D eigenvalue weighted by atomic mass is 10.5. The fourth-order valence-corrected chi connectivity index (χ4v) is 0.279. The molecule has 0 rings (SSSR count). The zero-order chi connectivity index (χ0) is 8.69. The van der Waals surface area contributed by atoms with Crippen molar-refractivity contribution in [2.75, 3.05) is 6.61 Å². The van der Waals surface area contributed by atoms with Crippen molar-refractivity contribution < 1.29 is 29.2 Å². The van der Waals surface area contributed by atoms with Gasteiger partial charge in [-0.3, -0.25) is 0 Å². The van der Waals surface area contributed by atoms with Crippen LogP contribution in [-0.4, -0.2) is 24.0 Å². The Morgan fingerprint density at radius 3 is 2.45 bits per heavy atom. The van der Waals surface area contributed by atoms with Crippen molar-refractivity contribution in [2.24, 2.45) is 0 Å². The Morgan fingerprint density at radius 1 is 1.36 bits per heavy atom. The number of carboxylic acid groups (broad SMARTS) is 1. The van der Waals surface area contributed by atoms with Gasteiger partial charge in [0.15, 0.2) is 0 Å². The van der Waals surface area contributed by atoms with Gasteiger partial charge in [-0.2, -0.15) is 9.68 Å². The molecule has 0 aromatic rings. The SMILES string of the molecule is CCCOC(=O)OOC(=O)O. The van der Waals surface area contributed by atoms with Crippen molar-refractivity contribution in [2.45, 2.75) is 13.3 Å². The number of carbonyl (C=O) groups is 2. The molecule has 0 fully saturated rings. The lowest BCUT2D eigenvalue weighted by Crippen LogP contribution is -2.11. The van der Waals surface area contributed by atoms with E-state index >= 15 is 0 Å². The highest BCUT2D eigenvalue weighted by atomic mass is 17.3. The summed E-state index contributed by atoms with van der Waals surface area (Å²) in [5.41, 5.74) is 0. The maximum absolute atomic E-state index is 10.3. The summed E-state index contributed by atoms with van der Waals surface area (Å²) in [6, 6.07) is 0. The lowest BCUT2D eigenvalue weighted by molar-refractivity contribution is -0.213. The van der Waals surface area contributed by atoms with Gasteiger partial charge in [-0.25, -0.2) is 9.68 Å². The molecule has 0 heterocycles. The van der Waals surface area contributed by atoms with Crippen LogP contribution < -0.4 is 0 Å². The van der Waals surface area contributed by atoms with Gasteiger partial charge in [-0.05, 0) is 6.42 Å². The van der Waals surface area contributed by atoms with Crippen LogP contribution in [0.3, 0.4) is 0 Å². The normalized spacial score (nSPS) is 8.45. The first-order chi connectivity index (χ1) is 5.16. The minimum Gasteiger partial charge on any atom is -0.447 e. The maximum Gasteiger partial charge on any atom is 0.549 e. The molecule has 0 spiro atoms. The average Bonchev–Trinajstić information content (AvgIpc) is 1.97. The van der Waals surface area contributed by atoms with E-state index < -0.39 is 12.3 Å². The molecule has 11 heavy (non-hydrogen) atoms. The van der Waals surface area contributed by atoms with E-state index in [1.54, 1.807) is 6.92 Å². The standard InChI is InChI=1S/C5H8O6/c1-2-3-9-5(8)11-10-4(6)7/h2-3H2,1H3,(H,6,7). The molecule has 0 saturated carbocycles. The van der Waals surface area contributed by atoms with Crippen LogP contribution in [0.2, 0.25) is 0 Å². The molecule has 0 unspecified atom stereocenters. The highest BCUT2D eigenvalue weighted by Gasteiger charge is 2.07. The second-order valence-electron chi connectivity index (χ2n) is 1.53. The number of hydrogen-bond acceptors (Lipinski definition) is 5. The van der Waals surface area contributed by atoms with Gasteiger partial charge in [0.05, 0.1) is 6.61 Å². The van der Waals surface area contributed by atoms with Crippen LogP contribution >= 0.6 is 0 Å². The summed E-state index contributed by atoms with van der Waals surface area (Å²) >= 11 is 0. The van der Waals surface area contributed by atoms with Crippen molar-refractivity contribution in [3.63, 3.8) is 0 Å². The molecule has 0 saturated heterocycles. The monoisotopic (exact) mass is 164 g/mol. The van der Waals surface area contributed by atoms with Crippen molar-refractivity contribution in [1.29, 1.82) is 0 Å². The molecular weight excluding hydrogens is 156 g/mol. The first kappa shape index (κ1) is 9.54. The third-order valence-corrected chi connectivity index (χ3v) is 0.605. The fraction of sp³-hybridized carbons (Fsp3) is 0.600. The largest absolute Gasteiger partial charge is 0.549 e. The molecule has 1 N–H and O–H groups in total. The Kier molecular flexibility index (Phi) is 4.63. The average molecular weight is 164 g/mol. The van der Waals surface area contributed by atoms with Crippen LogP contribution in [0.5, 0.6) is 0 Å². The molecule has 0 aliphatic heterocycles. The van der Waals surface area contributed by atoms with Crippen LogP contribution in [0.4, 0.5) is 9.59 Å². The number of ether oxygens (including phenoxy) is 1. The second-order valence-corrected chi connectivity index (χ2v) is 1.53. The second kappa shape index (κ2) is 5.33. The molecule has 64 valence electrons. The predicted octanol–water partition coefficient (Wildman–Crippen LogP) is 1.16. The molecule has 0 aliphatic carbocycles. The summed E-state index contributed by atoms with van der Waals surface area (Å²) in [4.78, 5) is 27.0. The molecule has 0 amide bonds. The zero-order valence-corrected chi connectivity index (χ0v) is 5.90. The minimum atomic E-state index is -1.70. The van der Waals surface area contributed by atoms with Gasteiger partial charge in [0.1, 0.15) is 0 Å². The van der Waals surface area contributed by atoms with Crippen molar-refractivity contribution in [3.8, 4) is 0 Å². The van der Waals surface area contributed by atoms with Gasteiger partial charge in [0, 0.05) is 0 Å². The molecule has 0 radical (unpaired) electrons. The van der Waals surface area contributed by atoms with Crippen LogP contribution in [-0.2, 0) is 14.5 Å². The fourth-order valence-electron chi connectivity index (χ4n) is 0.279. The number of carbonyl (C=O) groups excluding carboxylic acids is 1. The van der Waals surface area contributed by atoms with E-state index in [0.29, 0.717) is 6.42 Å². The van der Waals surface area contributed by atoms with E-state index in [0.717, 1.165) is 0 Å². The Morgan fingerprint density at radius 2 is 2.00 bits per heavy atom. The van der Waals surface area contributed by atoms with Gasteiger partial charge < -0.3 is 9.84 Å². The topological polar surface area (TPSA) is 82.1 Å². The first-order valence-electron chi connectivity index (χ1n) is 2.91. The number of rotatable bonds is 2. The van der Waals surface area contributed by atoms with E-state index in [4.69, 9.17) is 5.11 Å². The summed E-state index contributed by atoms with van der Waals surface area (Å²) in [5.74, 6) is 0. The predicted molar refractivity (Wildman–Crippen MR) is 31.8 cm³/mol. The molecule has 0 bridgehead atoms. The molecule has 0 aromatic carbocycles. The van der Waals surface area contributed by atoms with E-state index in [1.807, 2.05) is 0 Å². The maximum atomic E-state index is 10.3. The van der Waals surface area contributed by atoms with E-state index in [1.165, 1.54) is 0 Å². The van der Waals surface area contributed by atoms with E-state index in [2.05, 4.69) is 14.5 Å². The minimum absolute atomic E-state index is 0.168. The molecule has 0 aliphatic rings. The highest BCUT2D eigenvalue weighted by Crippen LogP contribution is 1.88. The van der Waals surface area contributed by atoms with E-state index in [-0.39, 0.29) is 6.61 Å². The molecule has 0 aromatic heterocycles. The number of hydrogen-bond donors (Lipinski definition) is 1. The van der Waals surface area contributed by atoms with Crippen LogP contribution in [0, 0.1) is 0 Å². The smallest absolute Gasteiger partial charge is 0.447 e. The van der Waals surface area contributed by atoms with Crippen LogP contribution in [0.25, 0.3) is 0 Å². The van der Waals surface area contributed by atoms with Gasteiger partial charge in [-0.1, -0.05) is 6.92 Å². The quantitative estimate of drug-likeness (QED) is 0.374. The van der Waals surface area contributed by atoms with Gasteiger partial charge in [0.25, 0.3) is 0 Å². The first-order valence-corrected chi connectivity index (χ1v) is 2.91. The van der Waals surface area contributed by atoms with Crippen LogP contribution in [0.1, 0.15) is 13.3 Å². The third kappa shape index (κ3) is 6.42. The molecule has 0 atom stereocenters. The molecular formula is C5H8O6. The van der Waals surface area contributed by atoms with Crippen molar-refractivity contribution in [1.82, 2.24) is 0 Å². The Bertz CT molecular complexity index is 142. The lowest BCUT2D eigenvalue weighted by Gasteiger charge is -1.99. The van der Waals surface area contributed by atoms with Gasteiger partial charge in [-0.15, -0.1) is 0 Å².